The van der Waals surface area contributed by atoms with Crippen molar-refractivity contribution in [3.05, 3.63) is 206 Å². The molecule has 0 aliphatic rings. The molecule has 0 aliphatic carbocycles. The number of para-hydroxylation sites is 3. The lowest BCUT2D eigenvalue weighted by molar-refractivity contribution is 1.18. The highest BCUT2D eigenvalue weighted by molar-refractivity contribution is 6.17. The van der Waals surface area contributed by atoms with E-state index in [-0.39, 0.29) is 0 Å². The molecule has 0 atom stereocenters. The average Bonchev–Trinajstić information content (AvgIpc) is 3.57. The van der Waals surface area contributed by atoms with Gasteiger partial charge >= 0.3 is 0 Å². The van der Waals surface area contributed by atoms with Gasteiger partial charge in [-0.3, -0.25) is 0 Å². The molecule has 0 unspecified atom stereocenters. The van der Waals surface area contributed by atoms with Crippen LogP contribution in [0, 0.1) is 0 Å². The minimum atomic E-state index is 1.10. The molecule has 0 radical (unpaired) electrons. The smallest absolute Gasteiger partial charge is 0.0562 e. The summed E-state index contributed by atoms with van der Waals surface area (Å²) in [6.07, 6.45) is 0. The number of fused-ring (bicyclic) bond motifs is 6. The van der Waals surface area contributed by atoms with Gasteiger partial charge in [0.25, 0.3) is 0 Å². The molecule has 0 bridgehead atoms. The average molecular weight is 663 g/mol. The Morgan fingerprint density at radius 1 is 0.346 bits per heavy atom. The number of nitrogens with zero attached hydrogens (tertiary/aromatic N) is 2. The Kier molecular flexibility index (Phi) is 7.18. The zero-order chi connectivity index (χ0) is 34.4. The lowest BCUT2D eigenvalue weighted by Gasteiger charge is -2.29. The number of hydrogen-bond acceptors (Lipinski definition) is 1. The summed E-state index contributed by atoms with van der Waals surface area (Å²) in [7, 11) is 0. The Morgan fingerprint density at radius 2 is 0.942 bits per heavy atom. The van der Waals surface area contributed by atoms with Crippen LogP contribution >= 0.6 is 0 Å². The zero-order valence-electron chi connectivity index (χ0n) is 28.5. The Labute approximate surface area is 303 Å². The Morgan fingerprint density at radius 3 is 1.79 bits per heavy atom. The molecule has 0 saturated carbocycles. The quantitative estimate of drug-likeness (QED) is 0.161. The number of hydrogen-bond donors (Lipinski definition) is 0. The third kappa shape index (κ3) is 4.88. The van der Waals surface area contributed by atoms with Crippen molar-refractivity contribution < 1.29 is 0 Å². The molecule has 0 amide bonds. The van der Waals surface area contributed by atoms with Crippen LogP contribution in [0.1, 0.15) is 0 Å². The monoisotopic (exact) mass is 662 g/mol. The predicted molar refractivity (Wildman–Crippen MR) is 221 cm³/mol. The van der Waals surface area contributed by atoms with Gasteiger partial charge < -0.3 is 9.47 Å². The van der Waals surface area contributed by atoms with Gasteiger partial charge in [-0.15, -0.1) is 0 Å². The van der Waals surface area contributed by atoms with E-state index in [2.05, 4.69) is 216 Å². The maximum Gasteiger partial charge on any atom is 0.0562 e. The molecule has 52 heavy (non-hydrogen) atoms. The van der Waals surface area contributed by atoms with E-state index >= 15 is 0 Å². The first kappa shape index (κ1) is 30.0. The van der Waals surface area contributed by atoms with Gasteiger partial charge in [-0.2, -0.15) is 0 Å². The lowest BCUT2D eigenvalue weighted by Crippen LogP contribution is -2.12. The summed E-state index contributed by atoms with van der Waals surface area (Å²) in [5, 5.41) is 7.47. The zero-order valence-corrected chi connectivity index (χ0v) is 28.5. The normalized spacial score (nSPS) is 11.5. The highest BCUT2D eigenvalue weighted by Crippen LogP contribution is 2.47. The van der Waals surface area contributed by atoms with Gasteiger partial charge in [-0.1, -0.05) is 152 Å². The Hall–Kier alpha value is -6.90. The fourth-order valence-electron chi connectivity index (χ4n) is 8.09. The maximum atomic E-state index is 2.47. The number of anilines is 3. The molecule has 0 saturated heterocycles. The van der Waals surface area contributed by atoms with E-state index in [1.54, 1.807) is 0 Å². The first-order valence-corrected chi connectivity index (χ1v) is 17.9. The molecule has 9 aromatic carbocycles. The number of aromatic nitrogens is 1. The van der Waals surface area contributed by atoms with Crippen LogP contribution in [0.25, 0.3) is 71.3 Å². The third-order valence-corrected chi connectivity index (χ3v) is 10.3. The Balaban J connectivity index is 1.28. The van der Waals surface area contributed by atoms with Gasteiger partial charge in [0.15, 0.2) is 0 Å². The summed E-state index contributed by atoms with van der Waals surface area (Å²) in [6, 6.07) is 74.7. The van der Waals surface area contributed by atoms with Gasteiger partial charge in [-0.25, -0.2) is 0 Å². The fourth-order valence-corrected chi connectivity index (χ4v) is 8.09. The van der Waals surface area contributed by atoms with Crippen LogP contribution in [0.2, 0.25) is 0 Å². The summed E-state index contributed by atoms with van der Waals surface area (Å²) in [4.78, 5) is 2.47. The molecule has 10 rings (SSSR count). The van der Waals surface area contributed by atoms with Crippen molar-refractivity contribution in [3.63, 3.8) is 0 Å². The molecular formula is C50H34N2. The molecule has 0 spiro atoms. The standard InChI is InChI=1S/C50H34N2/c1-3-17-35(18-4-1)41-25-11-13-29-46(41)52(49-32-16-31-48-50(49)44-28-12-14-30-47(44)51(48)38-21-5-2-6-22-38)39-23-15-20-36(33-39)45-34-37-19-7-8-24-40(37)42-26-9-10-27-43(42)45/h1-34H. The number of benzene rings is 9. The van der Waals surface area contributed by atoms with Crippen LogP contribution in [-0.2, 0) is 0 Å². The van der Waals surface area contributed by atoms with Crippen LogP contribution < -0.4 is 4.90 Å². The summed E-state index contributed by atoms with van der Waals surface area (Å²) >= 11 is 0. The highest BCUT2D eigenvalue weighted by atomic mass is 15.2. The topological polar surface area (TPSA) is 8.17 Å². The van der Waals surface area contributed by atoms with Crippen molar-refractivity contribution in [2.24, 2.45) is 0 Å². The van der Waals surface area contributed by atoms with Crippen molar-refractivity contribution in [2.45, 2.75) is 0 Å². The van der Waals surface area contributed by atoms with E-state index in [9.17, 15) is 0 Å². The molecule has 1 heterocycles. The summed E-state index contributed by atoms with van der Waals surface area (Å²) in [5.74, 6) is 0. The van der Waals surface area contributed by atoms with Gasteiger partial charge in [0, 0.05) is 27.7 Å². The summed E-state index contributed by atoms with van der Waals surface area (Å²) < 4.78 is 2.40. The van der Waals surface area contributed by atoms with Crippen molar-refractivity contribution >= 4 is 60.4 Å². The van der Waals surface area contributed by atoms with Crippen molar-refractivity contribution in [3.8, 4) is 27.9 Å². The van der Waals surface area contributed by atoms with Crippen LogP contribution in [0.4, 0.5) is 17.1 Å². The van der Waals surface area contributed by atoms with Gasteiger partial charge in [-0.05, 0) is 92.8 Å². The molecular weight excluding hydrogens is 629 g/mol. The molecule has 2 nitrogen and oxygen atoms in total. The van der Waals surface area contributed by atoms with Crippen LogP contribution in [0.15, 0.2) is 206 Å². The fraction of sp³-hybridized carbons (Fsp3) is 0. The van der Waals surface area contributed by atoms with Crippen molar-refractivity contribution in [1.29, 1.82) is 0 Å². The SMILES string of the molecule is c1ccc(-c2ccccc2N(c2cccc(-c3cc4ccccc4c4ccccc34)c2)c2cccc3c2c2ccccc2n3-c2ccccc2)cc1. The largest absolute Gasteiger partial charge is 0.309 e. The van der Waals surface area contributed by atoms with Crippen molar-refractivity contribution in [1.82, 2.24) is 4.57 Å². The second-order valence-electron chi connectivity index (χ2n) is 13.3. The molecule has 10 aromatic rings. The third-order valence-electron chi connectivity index (χ3n) is 10.3. The first-order valence-electron chi connectivity index (χ1n) is 17.9. The minimum Gasteiger partial charge on any atom is -0.309 e. The van der Waals surface area contributed by atoms with E-state index in [1.165, 1.54) is 65.6 Å². The van der Waals surface area contributed by atoms with Crippen LogP contribution in [0.3, 0.4) is 0 Å². The Bertz CT molecular complexity index is 2900. The van der Waals surface area contributed by atoms with E-state index in [0.29, 0.717) is 0 Å². The maximum absolute atomic E-state index is 2.47. The van der Waals surface area contributed by atoms with Crippen molar-refractivity contribution in [2.75, 3.05) is 4.90 Å². The first-order chi connectivity index (χ1) is 25.8. The van der Waals surface area contributed by atoms with Gasteiger partial charge in [0.2, 0.25) is 0 Å². The molecule has 0 fully saturated rings. The highest BCUT2D eigenvalue weighted by Gasteiger charge is 2.23. The van der Waals surface area contributed by atoms with Gasteiger partial charge in [0.1, 0.15) is 0 Å². The molecule has 0 aliphatic heterocycles. The second kappa shape index (κ2) is 12.5. The summed E-state index contributed by atoms with van der Waals surface area (Å²) in [6.45, 7) is 0. The second-order valence-corrected chi connectivity index (χ2v) is 13.3. The lowest BCUT2D eigenvalue weighted by atomic mass is 9.93. The predicted octanol–water partition coefficient (Wildman–Crippen LogP) is 13.9. The van der Waals surface area contributed by atoms with Crippen LogP contribution in [0.5, 0.6) is 0 Å². The van der Waals surface area contributed by atoms with Crippen LogP contribution in [-0.4, -0.2) is 4.57 Å². The van der Waals surface area contributed by atoms with E-state index < -0.39 is 0 Å². The molecule has 0 N–H and O–H groups in total. The molecule has 244 valence electrons. The van der Waals surface area contributed by atoms with E-state index in [1.807, 2.05) is 0 Å². The van der Waals surface area contributed by atoms with Gasteiger partial charge in [0.05, 0.1) is 22.4 Å². The molecule has 2 heteroatoms. The number of rotatable bonds is 6. The van der Waals surface area contributed by atoms with E-state index in [0.717, 1.165) is 22.7 Å². The minimum absolute atomic E-state index is 1.10. The van der Waals surface area contributed by atoms with E-state index in [4.69, 9.17) is 0 Å². The summed E-state index contributed by atoms with van der Waals surface area (Å²) in [5.41, 5.74) is 11.6. The molecule has 1 aromatic heterocycles.